The third-order valence-corrected chi connectivity index (χ3v) is 5.77. The van der Waals surface area contributed by atoms with Crippen molar-refractivity contribution in [2.45, 2.75) is 25.6 Å². The maximum Gasteiger partial charge on any atom is 0.267 e. The van der Waals surface area contributed by atoms with Crippen LogP contribution >= 0.6 is 11.6 Å². The number of alkyl halides is 1. The number of para-hydroxylation sites is 2. The van der Waals surface area contributed by atoms with E-state index < -0.39 is 29.9 Å². The first-order valence-corrected chi connectivity index (χ1v) is 11.2. The number of halogens is 1. The van der Waals surface area contributed by atoms with E-state index in [2.05, 4.69) is 5.32 Å². The number of nitrogens with zero attached hydrogens (tertiary/aromatic N) is 2. The Morgan fingerprint density at radius 1 is 0.971 bits per heavy atom. The number of fused-ring (bicyclic) bond motifs is 2. The Labute approximate surface area is 200 Å². The molecule has 1 unspecified atom stereocenters. The van der Waals surface area contributed by atoms with E-state index in [-0.39, 0.29) is 37.0 Å². The van der Waals surface area contributed by atoms with Crippen LogP contribution in [0.15, 0.2) is 42.5 Å². The van der Waals surface area contributed by atoms with E-state index in [4.69, 9.17) is 26.8 Å². The van der Waals surface area contributed by atoms with E-state index in [1.165, 1.54) is 15.9 Å². The molecule has 34 heavy (non-hydrogen) atoms. The number of hydrogen-bond acceptors (Lipinski definition) is 6. The Morgan fingerprint density at radius 3 is 2.32 bits per heavy atom. The lowest BCUT2D eigenvalue weighted by molar-refractivity contribution is -0.125. The van der Waals surface area contributed by atoms with Gasteiger partial charge < -0.3 is 30.3 Å². The summed E-state index contributed by atoms with van der Waals surface area (Å²) in [6, 6.07) is 11.7. The lowest BCUT2D eigenvalue weighted by Gasteiger charge is -2.34. The summed E-state index contributed by atoms with van der Waals surface area (Å²) in [5.74, 6) is -1.40. The molecule has 2 heterocycles. The molecule has 0 fully saturated rings. The minimum Gasteiger partial charge on any atom is -0.476 e. The van der Waals surface area contributed by atoms with Crippen LogP contribution in [0.25, 0.3) is 0 Å². The van der Waals surface area contributed by atoms with Crippen molar-refractivity contribution in [2.75, 3.05) is 34.1 Å². The Kier molecular flexibility index (Phi) is 6.60. The van der Waals surface area contributed by atoms with Gasteiger partial charge in [-0.3, -0.25) is 19.2 Å². The molecule has 0 aromatic heterocycles. The van der Waals surface area contributed by atoms with Crippen molar-refractivity contribution in [3.05, 3.63) is 42.5 Å². The SMILES string of the molecule is CCC(=O)N1CC(C(=O)Nc2ccc3c(c2)O[C@@H](C(N)=O)CN3C(=O)CCl)Oc2ccccc21. The molecule has 178 valence electrons. The van der Waals surface area contributed by atoms with E-state index in [0.29, 0.717) is 22.8 Å². The molecule has 2 aliphatic rings. The highest BCUT2D eigenvalue weighted by Crippen LogP contribution is 2.37. The van der Waals surface area contributed by atoms with Crippen LogP contribution in [0, 0.1) is 0 Å². The van der Waals surface area contributed by atoms with Gasteiger partial charge in [-0.05, 0) is 24.3 Å². The molecule has 10 nitrogen and oxygen atoms in total. The number of primary amides is 1. The lowest BCUT2D eigenvalue weighted by atomic mass is 10.1. The van der Waals surface area contributed by atoms with Gasteiger partial charge in [0.2, 0.25) is 11.8 Å². The Bertz CT molecular complexity index is 1160. The number of carbonyl (C=O) groups excluding carboxylic acids is 4. The van der Waals surface area contributed by atoms with Crippen molar-refractivity contribution < 1.29 is 28.7 Å². The second-order valence-electron chi connectivity index (χ2n) is 7.75. The maximum atomic E-state index is 13.0. The predicted molar refractivity (Wildman–Crippen MR) is 125 cm³/mol. The van der Waals surface area contributed by atoms with Crippen LogP contribution in [0.4, 0.5) is 17.1 Å². The van der Waals surface area contributed by atoms with Gasteiger partial charge in [0, 0.05) is 18.2 Å². The van der Waals surface area contributed by atoms with Crippen molar-refractivity contribution in [3.63, 3.8) is 0 Å². The number of hydrogen-bond donors (Lipinski definition) is 2. The molecule has 2 aromatic rings. The molecule has 4 rings (SSSR count). The highest BCUT2D eigenvalue weighted by Gasteiger charge is 2.35. The van der Waals surface area contributed by atoms with Crippen molar-refractivity contribution in [2.24, 2.45) is 5.73 Å². The van der Waals surface area contributed by atoms with Gasteiger partial charge in [0.05, 0.1) is 24.5 Å². The summed E-state index contributed by atoms with van der Waals surface area (Å²) >= 11 is 5.70. The fraction of sp³-hybridized carbons (Fsp3) is 0.304. The number of ether oxygens (including phenoxy) is 2. The molecule has 0 saturated carbocycles. The van der Waals surface area contributed by atoms with Crippen LogP contribution < -0.4 is 30.3 Å². The molecule has 0 radical (unpaired) electrons. The summed E-state index contributed by atoms with van der Waals surface area (Å²) < 4.78 is 11.5. The van der Waals surface area contributed by atoms with Crippen molar-refractivity contribution in [1.82, 2.24) is 0 Å². The summed E-state index contributed by atoms with van der Waals surface area (Å²) in [4.78, 5) is 52.3. The lowest BCUT2D eigenvalue weighted by Crippen LogP contribution is -2.50. The van der Waals surface area contributed by atoms with E-state index >= 15 is 0 Å². The summed E-state index contributed by atoms with van der Waals surface area (Å²) in [5.41, 5.74) is 6.75. The number of carbonyl (C=O) groups is 4. The number of benzene rings is 2. The van der Waals surface area contributed by atoms with Gasteiger partial charge in [0.25, 0.3) is 11.8 Å². The van der Waals surface area contributed by atoms with E-state index in [1.54, 1.807) is 43.3 Å². The first kappa shape index (κ1) is 23.4. The van der Waals surface area contributed by atoms with Gasteiger partial charge in [-0.1, -0.05) is 19.1 Å². The largest absolute Gasteiger partial charge is 0.476 e. The minimum atomic E-state index is -1.06. The predicted octanol–water partition coefficient (Wildman–Crippen LogP) is 1.65. The quantitative estimate of drug-likeness (QED) is 0.618. The third kappa shape index (κ3) is 4.49. The standard InChI is InChI=1S/C23H23ClN4O6/c1-2-20(29)27-12-19(33-16-6-4-3-5-14(16)27)23(32)26-13-7-8-15-17(9-13)34-18(22(25)31)11-28(15)21(30)10-24/h3-9,18-19H,2,10-12H2,1H3,(H2,25,31)(H,26,32)/t18-,19?/m1/s1. The monoisotopic (exact) mass is 486 g/mol. The molecule has 0 bridgehead atoms. The van der Waals surface area contributed by atoms with E-state index in [1.807, 2.05) is 0 Å². The van der Waals surface area contributed by atoms with Gasteiger partial charge in [-0.15, -0.1) is 11.6 Å². The molecule has 0 aliphatic carbocycles. The van der Waals surface area contributed by atoms with E-state index in [0.717, 1.165) is 0 Å². The molecular weight excluding hydrogens is 464 g/mol. The highest BCUT2D eigenvalue weighted by molar-refractivity contribution is 6.29. The van der Waals surface area contributed by atoms with Crippen LogP contribution in [0.5, 0.6) is 11.5 Å². The van der Waals surface area contributed by atoms with Crippen molar-refractivity contribution in [3.8, 4) is 11.5 Å². The first-order chi connectivity index (χ1) is 16.3. The Balaban J connectivity index is 1.56. The zero-order valence-electron chi connectivity index (χ0n) is 18.3. The molecule has 4 amide bonds. The smallest absolute Gasteiger partial charge is 0.267 e. The number of nitrogens with one attached hydrogen (secondary N) is 1. The molecule has 2 atom stereocenters. The maximum absolute atomic E-state index is 13.0. The first-order valence-electron chi connectivity index (χ1n) is 10.7. The van der Waals surface area contributed by atoms with E-state index in [9.17, 15) is 19.2 Å². The number of anilines is 3. The van der Waals surface area contributed by atoms with Crippen LogP contribution in [-0.2, 0) is 19.2 Å². The van der Waals surface area contributed by atoms with Gasteiger partial charge in [-0.25, -0.2) is 0 Å². The molecule has 11 heteroatoms. The molecule has 0 spiro atoms. The summed E-state index contributed by atoms with van der Waals surface area (Å²) in [6.07, 6.45) is -1.73. The zero-order chi connectivity index (χ0) is 24.4. The van der Waals surface area contributed by atoms with Crippen LogP contribution in [0.1, 0.15) is 13.3 Å². The molecule has 0 saturated heterocycles. The fourth-order valence-corrected chi connectivity index (χ4v) is 3.99. The number of rotatable bonds is 5. The fourth-order valence-electron chi connectivity index (χ4n) is 3.84. The van der Waals surface area contributed by atoms with Crippen molar-refractivity contribution in [1.29, 1.82) is 0 Å². The number of amides is 4. The molecular formula is C23H23ClN4O6. The van der Waals surface area contributed by atoms with Gasteiger partial charge in [-0.2, -0.15) is 0 Å². The molecule has 3 N–H and O–H groups in total. The highest BCUT2D eigenvalue weighted by atomic mass is 35.5. The zero-order valence-corrected chi connectivity index (χ0v) is 19.1. The topological polar surface area (TPSA) is 131 Å². The van der Waals surface area contributed by atoms with Gasteiger partial charge >= 0.3 is 0 Å². The Morgan fingerprint density at radius 2 is 1.62 bits per heavy atom. The van der Waals surface area contributed by atoms with Crippen LogP contribution in [-0.4, -0.2) is 54.8 Å². The third-order valence-electron chi connectivity index (χ3n) is 5.54. The van der Waals surface area contributed by atoms with Crippen LogP contribution in [0.3, 0.4) is 0 Å². The Hall–Kier alpha value is -3.79. The summed E-state index contributed by atoms with van der Waals surface area (Å²) in [5, 5.41) is 2.74. The summed E-state index contributed by atoms with van der Waals surface area (Å²) in [7, 11) is 0. The second kappa shape index (κ2) is 9.60. The average Bonchev–Trinajstić information content (AvgIpc) is 2.86. The molecule has 2 aromatic carbocycles. The summed E-state index contributed by atoms with van der Waals surface area (Å²) in [6.45, 7) is 1.75. The van der Waals surface area contributed by atoms with Crippen molar-refractivity contribution >= 4 is 52.3 Å². The normalized spacial score (nSPS) is 18.6. The number of nitrogens with two attached hydrogens (primary N) is 1. The van der Waals surface area contributed by atoms with Gasteiger partial charge in [0.1, 0.15) is 17.4 Å². The molecule has 2 aliphatic heterocycles. The minimum absolute atomic E-state index is 0.0543. The average molecular weight is 487 g/mol. The van der Waals surface area contributed by atoms with Crippen LogP contribution in [0.2, 0.25) is 0 Å². The van der Waals surface area contributed by atoms with Gasteiger partial charge in [0.15, 0.2) is 12.2 Å². The second-order valence-corrected chi connectivity index (χ2v) is 8.02.